The smallest absolute Gasteiger partial charge is 0.328 e. The number of benzene rings is 1. The van der Waals surface area contributed by atoms with Crippen LogP contribution in [-0.2, 0) is 14.3 Å². The van der Waals surface area contributed by atoms with Gasteiger partial charge in [-0.1, -0.05) is 22.9 Å². The van der Waals surface area contributed by atoms with Crippen LogP contribution in [0.5, 0.6) is 0 Å². The van der Waals surface area contributed by atoms with E-state index in [0.29, 0.717) is 37.3 Å². The number of rotatable bonds is 11. The first-order valence-electron chi connectivity index (χ1n) is 12.7. The molecule has 4 unspecified atom stereocenters. The summed E-state index contributed by atoms with van der Waals surface area (Å²) in [6.07, 6.45) is 6.05. The number of nitrogens with two attached hydrogens (primary N) is 1. The van der Waals surface area contributed by atoms with Gasteiger partial charge in [0.1, 0.15) is 6.23 Å². The second kappa shape index (κ2) is 12.4. The molecule has 0 spiro atoms. The number of amides is 3. The highest BCUT2D eigenvalue weighted by molar-refractivity contribution is 9.10. The summed E-state index contributed by atoms with van der Waals surface area (Å²) >= 11 is 3.36. The Hall–Kier alpha value is -3.38. The SMILES string of the molecule is CC(CCC(C1CC1)n1ccc(=O)[nH]c1=O)C(NC(N)=O)OC1CCC=C(C(=O)Nc2ccc(Br)cc2)O1. The minimum absolute atomic E-state index is 0.0706. The zero-order valence-corrected chi connectivity index (χ0v) is 22.6. The van der Waals surface area contributed by atoms with Crippen LogP contribution >= 0.6 is 15.9 Å². The molecule has 204 valence electrons. The van der Waals surface area contributed by atoms with Gasteiger partial charge in [-0.15, -0.1) is 0 Å². The zero-order valence-electron chi connectivity index (χ0n) is 21.0. The highest BCUT2D eigenvalue weighted by Crippen LogP contribution is 2.42. The van der Waals surface area contributed by atoms with Gasteiger partial charge in [0.15, 0.2) is 5.76 Å². The van der Waals surface area contributed by atoms with Gasteiger partial charge in [-0.25, -0.2) is 9.59 Å². The van der Waals surface area contributed by atoms with Crippen LogP contribution in [0.2, 0.25) is 0 Å². The number of aromatic amines is 1. The van der Waals surface area contributed by atoms with Crippen molar-refractivity contribution in [3.63, 3.8) is 0 Å². The minimum Gasteiger partial charge on any atom is -0.459 e. The highest BCUT2D eigenvalue weighted by atomic mass is 79.9. The molecule has 1 fully saturated rings. The van der Waals surface area contributed by atoms with E-state index in [-0.39, 0.29) is 17.7 Å². The summed E-state index contributed by atoms with van der Waals surface area (Å²) in [7, 11) is 0. The van der Waals surface area contributed by atoms with E-state index in [4.69, 9.17) is 15.2 Å². The molecule has 4 rings (SSSR count). The first-order chi connectivity index (χ1) is 18.2. The van der Waals surface area contributed by atoms with Gasteiger partial charge in [0.05, 0.1) is 0 Å². The summed E-state index contributed by atoms with van der Waals surface area (Å²) in [5, 5.41) is 5.43. The molecule has 38 heavy (non-hydrogen) atoms. The van der Waals surface area contributed by atoms with E-state index in [2.05, 4.69) is 31.5 Å². The third-order valence-electron chi connectivity index (χ3n) is 6.71. The Bertz CT molecular complexity index is 1290. The van der Waals surface area contributed by atoms with Crippen molar-refractivity contribution in [2.24, 2.45) is 17.6 Å². The Balaban J connectivity index is 1.37. The Morgan fingerprint density at radius 1 is 1.18 bits per heavy atom. The number of halogens is 1. The van der Waals surface area contributed by atoms with Crippen molar-refractivity contribution in [2.45, 2.75) is 64.0 Å². The van der Waals surface area contributed by atoms with Crippen molar-refractivity contribution >= 4 is 33.6 Å². The standard InChI is InChI=1S/C26H32BrN5O6/c1-15(5-12-19(16-6-7-16)32-14-13-21(33)30-26(32)36)24(31-25(28)35)38-22-4-2-3-20(37-22)23(34)29-18-10-8-17(27)9-11-18/h3,8-11,13-16,19,22,24H,2,4-7,12H2,1H3,(H,29,34)(H3,28,31,35)(H,30,33,36). The summed E-state index contributed by atoms with van der Waals surface area (Å²) in [5.74, 6) is -0.0859. The summed E-state index contributed by atoms with van der Waals surface area (Å²) in [5.41, 5.74) is 5.18. The molecule has 2 heterocycles. The number of H-pyrrole nitrogens is 1. The lowest BCUT2D eigenvalue weighted by atomic mass is 9.97. The molecule has 1 aromatic carbocycles. The van der Waals surface area contributed by atoms with Crippen LogP contribution in [0, 0.1) is 11.8 Å². The number of ether oxygens (including phenoxy) is 2. The highest BCUT2D eigenvalue weighted by Gasteiger charge is 2.34. The first-order valence-corrected chi connectivity index (χ1v) is 13.5. The second-order valence-electron chi connectivity index (χ2n) is 9.70. The monoisotopic (exact) mass is 589 g/mol. The molecule has 1 aliphatic carbocycles. The molecule has 12 heteroatoms. The van der Waals surface area contributed by atoms with Gasteiger partial charge >= 0.3 is 11.7 Å². The van der Waals surface area contributed by atoms with Crippen LogP contribution in [-0.4, -0.2) is 34.0 Å². The molecule has 2 aliphatic rings. The fraction of sp³-hybridized carbons (Fsp3) is 0.462. The molecule has 0 saturated heterocycles. The topological polar surface area (TPSA) is 158 Å². The summed E-state index contributed by atoms with van der Waals surface area (Å²) < 4.78 is 14.4. The molecule has 1 aliphatic heterocycles. The summed E-state index contributed by atoms with van der Waals surface area (Å²) in [4.78, 5) is 50.6. The van der Waals surface area contributed by atoms with E-state index in [1.165, 1.54) is 12.3 Å². The van der Waals surface area contributed by atoms with Gasteiger partial charge in [0, 0.05) is 40.8 Å². The van der Waals surface area contributed by atoms with Crippen molar-refractivity contribution in [1.29, 1.82) is 0 Å². The van der Waals surface area contributed by atoms with E-state index >= 15 is 0 Å². The van der Waals surface area contributed by atoms with Crippen molar-refractivity contribution < 1.29 is 19.1 Å². The average Bonchev–Trinajstić information content (AvgIpc) is 3.71. The Morgan fingerprint density at radius 3 is 2.58 bits per heavy atom. The normalized spacial score (nSPS) is 19.4. The number of carbonyl (C=O) groups excluding carboxylic acids is 2. The molecule has 11 nitrogen and oxygen atoms in total. The number of urea groups is 1. The lowest BCUT2D eigenvalue weighted by Gasteiger charge is -2.32. The van der Waals surface area contributed by atoms with Crippen molar-refractivity contribution in [1.82, 2.24) is 14.9 Å². The van der Waals surface area contributed by atoms with Gasteiger partial charge < -0.3 is 25.8 Å². The van der Waals surface area contributed by atoms with Crippen LogP contribution < -0.4 is 27.6 Å². The predicted molar refractivity (Wildman–Crippen MR) is 144 cm³/mol. The Labute approximate surface area is 227 Å². The zero-order chi connectivity index (χ0) is 27.2. The van der Waals surface area contributed by atoms with E-state index in [0.717, 1.165) is 17.3 Å². The van der Waals surface area contributed by atoms with Gasteiger partial charge in [-0.05, 0) is 68.4 Å². The van der Waals surface area contributed by atoms with Crippen LogP contribution in [0.1, 0.15) is 51.5 Å². The molecule has 3 amide bonds. The first kappa shape index (κ1) is 27.6. The second-order valence-corrected chi connectivity index (χ2v) is 10.6. The Kier molecular flexibility index (Phi) is 9.05. The van der Waals surface area contributed by atoms with E-state index in [1.54, 1.807) is 22.8 Å². The van der Waals surface area contributed by atoms with Gasteiger partial charge in [-0.3, -0.25) is 19.1 Å². The third kappa shape index (κ3) is 7.57. The van der Waals surface area contributed by atoms with Gasteiger partial charge in [0.2, 0.25) is 6.29 Å². The van der Waals surface area contributed by atoms with E-state index in [9.17, 15) is 19.2 Å². The molecular formula is C26H32BrN5O6. The summed E-state index contributed by atoms with van der Waals surface area (Å²) in [6, 6.07) is 7.71. The fourth-order valence-corrected chi connectivity index (χ4v) is 4.80. The maximum atomic E-state index is 12.7. The maximum absolute atomic E-state index is 12.7. The number of allylic oxidation sites excluding steroid dienone is 1. The lowest BCUT2D eigenvalue weighted by molar-refractivity contribution is -0.177. The number of nitrogens with one attached hydrogen (secondary N) is 3. The molecule has 2 aromatic rings. The van der Waals surface area contributed by atoms with Crippen LogP contribution in [0.15, 0.2) is 62.4 Å². The number of anilines is 1. The number of nitrogens with zero attached hydrogens (tertiary/aromatic N) is 1. The molecule has 5 N–H and O–H groups in total. The largest absolute Gasteiger partial charge is 0.459 e. The fourth-order valence-electron chi connectivity index (χ4n) is 4.54. The third-order valence-corrected chi connectivity index (χ3v) is 7.24. The maximum Gasteiger partial charge on any atom is 0.328 e. The molecule has 1 aromatic heterocycles. The molecule has 0 radical (unpaired) electrons. The van der Waals surface area contributed by atoms with E-state index < -0.39 is 35.7 Å². The number of carbonyl (C=O) groups is 2. The minimum atomic E-state index is -0.765. The molecule has 0 bridgehead atoms. The average molecular weight is 590 g/mol. The number of hydrogen-bond acceptors (Lipinski definition) is 6. The molecular weight excluding hydrogens is 558 g/mol. The molecule has 4 atom stereocenters. The van der Waals surface area contributed by atoms with E-state index in [1.807, 2.05) is 19.1 Å². The van der Waals surface area contributed by atoms with Crippen molar-refractivity contribution in [3.8, 4) is 0 Å². The van der Waals surface area contributed by atoms with Crippen molar-refractivity contribution in [2.75, 3.05) is 5.32 Å². The van der Waals surface area contributed by atoms with Crippen LogP contribution in [0.4, 0.5) is 10.5 Å². The molecule has 1 saturated carbocycles. The number of primary amides is 1. The van der Waals surface area contributed by atoms with Gasteiger partial charge in [0.25, 0.3) is 11.5 Å². The predicted octanol–water partition coefficient (Wildman–Crippen LogP) is 3.34. The Morgan fingerprint density at radius 2 is 1.92 bits per heavy atom. The number of aromatic nitrogens is 2. The quantitative estimate of drug-likeness (QED) is 0.294. The summed E-state index contributed by atoms with van der Waals surface area (Å²) in [6.45, 7) is 1.92. The number of hydrogen-bond donors (Lipinski definition) is 4. The van der Waals surface area contributed by atoms with Crippen molar-refractivity contribution in [3.05, 3.63) is 73.7 Å². The lowest BCUT2D eigenvalue weighted by Crippen LogP contribution is -2.47. The van der Waals surface area contributed by atoms with Gasteiger partial charge in [-0.2, -0.15) is 0 Å². The van der Waals surface area contributed by atoms with Crippen LogP contribution in [0.25, 0.3) is 0 Å². The van der Waals surface area contributed by atoms with Crippen LogP contribution in [0.3, 0.4) is 0 Å².